The van der Waals surface area contributed by atoms with Crippen molar-refractivity contribution in [1.82, 2.24) is 25.3 Å². The molecule has 1 aliphatic rings. The molecule has 2 rings (SSSR count). The third-order valence-electron chi connectivity index (χ3n) is 5.48. The summed E-state index contributed by atoms with van der Waals surface area (Å²) in [6, 6.07) is 0.741. The highest BCUT2D eigenvalue weighted by atomic mass is 15.3. The standard InChI is InChI=1S/C20H38N6/c1-6-21-20(22-12-9-15-26-14-8-7-10-16(26)2)23-13-11-19-17(3)24-25(5)18(19)4/h16H,6-15H2,1-5H3,(H2,21,22,23). The smallest absolute Gasteiger partial charge is 0.191 e. The highest BCUT2D eigenvalue weighted by Gasteiger charge is 2.17. The number of nitrogens with one attached hydrogen (secondary N) is 2. The molecule has 0 aromatic carbocycles. The first-order valence-electron chi connectivity index (χ1n) is 10.3. The zero-order valence-electron chi connectivity index (χ0n) is 17.4. The molecule has 0 bridgehead atoms. The van der Waals surface area contributed by atoms with Crippen LogP contribution in [0, 0.1) is 13.8 Å². The van der Waals surface area contributed by atoms with Crippen molar-refractivity contribution in [3.8, 4) is 0 Å². The van der Waals surface area contributed by atoms with Crippen molar-refractivity contribution in [2.75, 3.05) is 32.7 Å². The Labute approximate surface area is 159 Å². The predicted octanol–water partition coefficient (Wildman–Crippen LogP) is 2.40. The third kappa shape index (κ3) is 6.01. The minimum Gasteiger partial charge on any atom is -0.357 e. The largest absolute Gasteiger partial charge is 0.357 e. The lowest BCUT2D eigenvalue weighted by Crippen LogP contribution is -2.39. The quantitative estimate of drug-likeness (QED) is 0.424. The SMILES string of the molecule is CCNC(=NCCCN1CCCCC1C)NCCc1c(C)nn(C)c1C. The summed E-state index contributed by atoms with van der Waals surface area (Å²) in [5.74, 6) is 0.929. The van der Waals surface area contributed by atoms with Crippen LogP contribution in [0.2, 0.25) is 0 Å². The van der Waals surface area contributed by atoms with Crippen molar-refractivity contribution in [1.29, 1.82) is 0 Å². The molecule has 6 heteroatoms. The molecule has 1 saturated heterocycles. The Morgan fingerprint density at radius 1 is 1.27 bits per heavy atom. The molecule has 1 aromatic rings. The Balaban J connectivity index is 1.75. The molecule has 1 aromatic heterocycles. The van der Waals surface area contributed by atoms with Gasteiger partial charge in [-0.15, -0.1) is 0 Å². The average Bonchev–Trinajstić information content (AvgIpc) is 2.86. The summed E-state index contributed by atoms with van der Waals surface area (Å²) < 4.78 is 1.96. The maximum atomic E-state index is 4.75. The first-order chi connectivity index (χ1) is 12.5. The van der Waals surface area contributed by atoms with Crippen molar-refractivity contribution >= 4 is 5.96 Å². The van der Waals surface area contributed by atoms with Crippen molar-refractivity contribution < 1.29 is 0 Å². The number of nitrogens with zero attached hydrogens (tertiary/aromatic N) is 4. The van der Waals surface area contributed by atoms with Gasteiger partial charge in [-0.1, -0.05) is 6.42 Å². The zero-order chi connectivity index (χ0) is 18.9. The van der Waals surface area contributed by atoms with E-state index < -0.39 is 0 Å². The van der Waals surface area contributed by atoms with E-state index >= 15 is 0 Å². The van der Waals surface area contributed by atoms with Gasteiger partial charge < -0.3 is 15.5 Å². The van der Waals surface area contributed by atoms with Crippen molar-refractivity contribution in [2.24, 2.45) is 12.0 Å². The summed E-state index contributed by atoms with van der Waals surface area (Å²) >= 11 is 0. The number of piperidine rings is 1. The summed E-state index contributed by atoms with van der Waals surface area (Å²) in [6.07, 6.45) is 6.19. The number of hydrogen-bond donors (Lipinski definition) is 2. The van der Waals surface area contributed by atoms with Crippen LogP contribution in [0.25, 0.3) is 0 Å². The van der Waals surface area contributed by atoms with Crippen LogP contribution in [-0.4, -0.2) is 59.4 Å². The molecular weight excluding hydrogens is 324 g/mol. The number of aromatic nitrogens is 2. The second-order valence-electron chi connectivity index (χ2n) is 7.44. The van der Waals surface area contributed by atoms with E-state index in [0.717, 1.165) is 56.7 Å². The van der Waals surface area contributed by atoms with Gasteiger partial charge in [0.25, 0.3) is 0 Å². The van der Waals surface area contributed by atoms with Crippen molar-refractivity contribution in [3.05, 3.63) is 17.0 Å². The van der Waals surface area contributed by atoms with Crippen molar-refractivity contribution in [2.45, 2.75) is 65.8 Å². The highest BCUT2D eigenvalue weighted by molar-refractivity contribution is 5.79. The second-order valence-corrected chi connectivity index (χ2v) is 7.44. The van der Waals surface area contributed by atoms with Crippen LogP contribution in [0.3, 0.4) is 0 Å². The number of hydrogen-bond acceptors (Lipinski definition) is 3. The summed E-state index contributed by atoms with van der Waals surface area (Å²) in [7, 11) is 2.01. The molecule has 26 heavy (non-hydrogen) atoms. The minimum atomic E-state index is 0.741. The molecule has 1 fully saturated rings. The lowest BCUT2D eigenvalue weighted by molar-refractivity contribution is 0.160. The topological polar surface area (TPSA) is 57.5 Å². The zero-order valence-corrected chi connectivity index (χ0v) is 17.4. The number of aryl methyl sites for hydroxylation is 2. The van der Waals surface area contributed by atoms with Gasteiger partial charge in [-0.3, -0.25) is 9.67 Å². The second kappa shape index (κ2) is 10.6. The van der Waals surface area contributed by atoms with E-state index in [-0.39, 0.29) is 0 Å². The maximum Gasteiger partial charge on any atom is 0.191 e. The molecule has 1 unspecified atom stereocenters. The molecule has 0 spiro atoms. The molecule has 6 nitrogen and oxygen atoms in total. The van der Waals surface area contributed by atoms with Crippen LogP contribution in [0.5, 0.6) is 0 Å². The van der Waals surface area contributed by atoms with Gasteiger partial charge in [0.1, 0.15) is 0 Å². The van der Waals surface area contributed by atoms with Crippen LogP contribution in [0.4, 0.5) is 0 Å². The minimum absolute atomic E-state index is 0.741. The van der Waals surface area contributed by atoms with Gasteiger partial charge in [0.15, 0.2) is 5.96 Å². The summed E-state index contributed by atoms with van der Waals surface area (Å²) in [6.45, 7) is 13.8. The summed E-state index contributed by atoms with van der Waals surface area (Å²) in [5, 5.41) is 11.3. The van der Waals surface area contributed by atoms with Gasteiger partial charge in [0.2, 0.25) is 0 Å². The molecule has 1 aliphatic heterocycles. The molecule has 2 heterocycles. The van der Waals surface area contributed by atoms with Crippen molar-refractivity contribution in [3.63, 3.8) is 0 Å². The molecule has 0 radical (unpaired) electrons. The number of aliphatic imine (C=N–C) groups is 1. The lowest BCUT2D eigenvalue weighted by atomic mass is 10.0. The molecule has 2 N–H and O–H groups in total. The normalized spacial score (nSPS) is 19.0. The Bertz CT molecular complexity index is 577. The van der Waals surface area contributed by atoms with Crippen LogP contribution in [0.1, 0.15) is 56.5 Å². The monoisotopic (exact) mass is 362 g/mol. The Hall–Kier alpha value is -1.56. The van der Waals surface area contributed by atoms with Gasteiger partial charge in [-0.2, -0.15) is 5.10 Å². The predicted molar refractivity (Wildman–Crippen MR) is 110 cm³/mol. The van der Waals surface area contributed by atoms with E-state index in [4.69, 9.17) is 4.99 Å². The van der Waals surface area contributed by atoms with E-state index in [1.165, 1.54) is 37.1 Å². The van der Waals surface area contributed by atoms with E-state index in [2.05, 4.69) is 48.3 Å². The van der Waals surface area contributed by atoms with Crippen LogP contribution in [0.15, 0.2) is 4.99 Å². The summed E-state index contributed by atoms with van der Waals surface area (Å²) in [5.41, 5.74) is 3.72. The van der Waals surface area contributed by atoms with Gasteiger partial charge >= 0.3 is 0 Å². The van der Waals surface area contributed by atoms with Crippen LogP contribution >= 0.6 is 0 Å². The van der Waals surface area contributed by atoms with Gasteiger partial charge in [-0.05, 0) is 65.5 Å². The third-order valence-corrected chi connectivity index (χ3v) is 5.48. The number of likely N-dealkylation sites (tertiary alicyclic amines) is 1. The first-order valence-corrected chi connectivity index (χ1v) is 10.3. The Morgan fingerprint density at radius 2 is 2.08 bits per heavy atom. The van der Waals surface area contributed by atoms with Crippen LogP contribution in [-0.2, 0) is 13.5 Å². The van der Waals surface area contributed by atoms with Gasteiger partial charge in [0.05, 0.1) is 5.69 Å². The molecule has 0 saturated carbocycles. The Morgan fingerprint density at radius 3 is 2.73 bits per heavy atom. The lowest BCUT2D eigenvalue weighted by Gasteiger charge is -2.33. The van der Waals surface area contributed by atoms with Gasteiger partial charge in [0, 0.05) is 45.0 Å². The van der Waals surface area contributed by atoms with E-state index in [9.17, 15) is 0 Å². The van der Waals surface area contributed by atoms with Gasteiger partial charge in [-0.25, -0.2) is 0 Å². The maximum absolute atomic E-state index is 4.75. The molecule has 0 aliphatic carbocycles. The van der Waals surface area contributed by atoms with E-state index in [1.807, 2.05) is 11.7 Å². The fourth-order valence-electron chi connectivity index (χ4n) is 3.78. The molecular formula is C20H38N6. The van der Waals surface area contributed by atoms with Crippen LogP contribution < -0.4 is 10.6 Å². The molecule has 148 valence electrons. The Kier molecular flexibility index (Phi) is 8.42. The molecule has 0 amide bonds. The number of guanidine groups is 1. The summed E-state index contributed by atoms with van der Waals surface area (Å²) in [4.78, 5) is 7.37. The van der Waals surface area contributed by atoms with E-state index in [1.54, 1.807) is 0 Å². The van der Waals surface area contributed by atoms with E-state index in [0.29, 0.717) is 0 Å². The average molecular weight is 363 g/mol. The molecule has 1 atom stereocenters. The number of rotatable bonds is 8. The highest BCUT2D eigenvalue weighted by Crippen LogP contribution is 2.16. The fourth-order valence-corrected chi connectivity index (χ4v) is 3.78. The fraction of sp³-hybridized carbons (Fsp3) is 0.800. The first kappa shape index (κ1) is 20.7.